The van der Waals surface area contributed by atoms with E-state index < -0.39 is 0 Å². The van der Waals surface area contributed by atoms with Crippen LogP contribution in [0.3, 0.4) is 0 Å². The molecule has 0 aliphatic rings. The van der Waals surface area contributed by atoms with E-state index in [-0.39, 0.29) is 0 Å². The maximum absolute atomic E-state index is 5.66. The number of hydrogen-bond donors (Lipinski definition) is 2. The maximum atomic E-state index is 5.66. The van der Waals surface area contributed by atoms with Crippen molar-refractivity contribution < 1.29 is 4.74 Å². The summed E-state index contributed by atoms with van der Waals surface area (Å²) in [5.74, 6) is 1.06. The lowest BCUT2D eigenvalue weighted by atomic mass is 10.2. The van der Waals surface area contributed by atoms with Crippen LogP contribution in [0, 0.1) is 0 Å². The van der Waals surface area contributed by atoms with E-state index in [4.69, 9.17) is 10.5 Å². The lowest BCUT2D eigenvalue weighted by Gasteiger charge is -2.05. The summed E-state index contributed by atoms with van der Waals surface area (Å²) in [5, 5.41) is 4.14. The lowest BCUT2D eigenvalue weighted by molar-refractivity contribution is 0.419. The average molecular weight is 250 g/mol. The number of aromatic nitrogens is 2. The zero-order valence-corrected chi connectivity index (χ0v) is 10.3. The summed E-state index contributed by atoms with van der Waals surface area (Å²) < 4.78 is 9.20. The van der Waals surface area contributed by atoms with Crippen LogP contribution in [0.4, 0.5) is 10.8 Å². The van der Waals surface area contributed by atoms with Gasteiger partial charge in [0.05, 0.1) is 7.11 Å². The van der Waals surface area contributed by atoms with Gasteiger partial charge >= 0.3 is 0 Å². The number of methoxy groups -OCH3 is 1. The van der Waals surface area contributed by atoms with Crippen LogP contribution >= 0.6 is 11.5 Å². The number of pyridine rings is 1. The van der Waals surface area contributed by atoms with Gasteiger partial charge in [0.1, 0.15) is 0 Å². The van der Waals surface area contributed by atoms with Gasteiger partial charge in [-0.2, -0.15) is 4.37 Å². The third-order valence-electron chi connectivity index (χ3n) is 2.33. The Hall–Kier alpha value is -1.82. The topological polar surface area (TPSA) is 73.1 Å². The molecule has 0 unspecified atom stereocenters. The van der Waals surface area contributed by atoms with Crippen LogP contribution in [0.1, 0.15) is 5.56 Å². The average Bonchev–Trinajstić information content (AvgIpc) is 2.71. The van der Waals surface area contributed by atoms with Crippen molar-refractivity contribution in [2.45, 2.75) is 6.42 Å². The predicted octanol–water partition coefficient (Wildman–Crippen LogP) is 1.78. The highest BCUT2D eigenvalue weighted by Crippen LogP contribution is 2.34. The molecule has 0 aromatic carbocycles. The van der Waals surface area contributed by atoms with E-state index in [1.165, 1.54) is 17.1 Å². The molecule has 90 valence electrons. The minimum atomic E-state index is 0.434. The SMILES string of the molecule is COc1c(N)nsc1NCCc1ccncc1. The Kier molecular flexibility index (Phi) is 3.77. The second-order valence-corrected chi connectivity index (χ2v) is 4.24. The number of nitrogens with two attached hydrogens (primary N) is 1. The fourth-order valence-corrected chi connectivity index (χ4v) is 2.18. The fraction of sp³-hybridized carbons (Fsp3) is 0.273. The molecule has 0 radical (unpaired) electrons. The molecule has 6 heteroatoms. The first-order chi connectivity index (χ1) is 8.31. The summed E-state index contributed by atoms with van der Waals surface area (Å²) in [5.41, 5.74) is 6.90. The Morgan fingerprint density at radius 2 is 2.18 bits per heavy atom. The van der Waals surface area contributed by atoms with Gasteiger partial charge in [0.2, 0.25) is 0 Å². The molecular formula is C11H14N4OS. The van der Waals surface area contributed by atoms with Gasteiger partial charge < -0.3 is 15.8 Å². The van der Waals surface area contributed by atoms with Crippen molar-refractivity contribution >= 4 is 22.4 Å². The van der Waals surface area contributed by atoms with Gasteiger partial charge in [0.15, 0.2) is 16.6 Å². The van der Waals surface area contributed by atoms with Crippen molar-refractivity contribution in [3.05, 3.63) is 30.1 Å². The Bertz CT molecular complexity index is 472. The van der Waals surface area contributed by atoms with Crippen LogP contribution in [-0.2, 0) is 6.42 Å². The van der Waals surface area contributed by atoms with Crippen molar-refractivity contribution in [1.82, 2.24) is 9.36 Å². The zero-order chi connectivity index (χ0) is 12.1. The van der Waals surface area contributed by atoms with Crippen LogP contribution in [0.5, 0.6) is 5.75 Å². The molecule has 17 heavy (non-hydrogen) atoms. The van der Waals surface area contributed by atoms with E-state index in [2.05, 4.69) is 14.7 Å². The monoisotopic (exact) mass is 250 g/mol. The van der Waals surface area contributed by atoms with Gasteiger partial charge in [-0.05, 0) is 35.6 Å². The highest BCUT2D eigenvalue weighted by atomic mass is 32.1. The molecule has 0 aliphatic carbocycles. The van der Waals surface area contributed by atoms with Crippen molar-refractivity contribution in [2.24, 2.45) is 0 Å². The molecule has 0 spiro atoms. The summed E-state index contributed by atoms with van der Waals surface area (Å²) in [7, 11) is 1.59. The second-order valence-electron chi connectivity index (χ2n) is 3.46. The minimum absolute atomic E-state index is 0.434. The van der Waals surface area contributed by atoms with Crippen molar-refractivity contribution in [2.75, 3.05) is 24.7 Å². The number of hydrogen-bond acceptors (Lipinski definition) is 6. The van der Waals surface area contributed by atoms with Gasteiger partial charge in [-0.15, -0.1) is 0 Å². The number of nitrogens with zero attached hydrogens (tertiary/aromatic N) is 2. The summed E-state index contributed by atoms with van der Waals surface area (Å²) in [6.07, 6.45) is 4.50. The van der Waals surface area contributed by atoms with E-state index >= 15 is 0 Å². The van der Waals surface area contributed by atoms with E-state index in [9.17, 15) is 0 Å². The van der Waals surface area contributed by atoms with Crippen molar-refractivity contribution in [3.63, 3.8) is 0 Å². The first-order valence-electron chi connectivity index (χ1n) is 5.23. The van der Waals surface area contributed by atoms with Gasteiger partial charge in [-0.25, -0.2) is 0 Å². The predicted molar refractivity (Wildman–Crippen MR) is 69.5 cm³/mol. The molecule has 0 saturated heterocycles. The molecule has 0 aliphatic heterocycles. The third kappa shape index (κ3) is 2.85. The van der Waals surface area contributed by atoms with Crippen LogP contribution in [0.25, 0.3) is 0 Å². The molecule has 2 heterocycles. The second kappa shape index (κ2) is 5.49. The highest BCUT2D eigenvalue weighted by Gasteiger charge is 2.10. The molecule has 0 atom stereocenters. The van der Waals surface area contributed by atoms with E-state index in [0.29, 0.717) is 11.6 Å². The summed E-state index contributed by atoms with van der Waals surface area (Å²) in [4.78, 5) is 3.98. The number of rotatable bonds is 5. The molecule has 3 N–H and O–H groups in total. The van der Waals surface area contributed by atoms with E-state index in [1.54, 1.807) is 19.5 Å². The van der Waals surface area contributed by atoms with Crippen LogP contribution < -0.4 is 15.8 Å². The fourth-order valence-electron chi connectivity index (χ4n) is 1.47. The number of anilines is 2. The van der Waals surface area contributed by atoms with Gasteiger partial charge in [0, 0.05) is 18.9 Å². The Morgan fingerprint density at radius 3 is 2.88 bits per heavy atom. The first-order valence-corrected chi connectivity index (χ1v) is 6.00. The normalized spacial score (nSPS) is 10.2. The smallest absolute Gasteiger partial charge is 0.197 e. The quantitative estimate of drug-likeness (QED) is 0.846. The van der Waals surface area contributed by atoms with Crippen molar-refractivity contribution in [3.8, 4) is 5.75 Å². The van der Waals surface area contributed by atoms with Crippen LogP contribution in [0.15, 0.2) is 24.5 Å². The lowest BCUT2D eigenvalue weighted by Crippen LogP contribution is -2.04. The Balaban J connectivity index is 1.90. The van der Waals surface area contributed by atoms with Gasteiger partial charge in [0.25, 0.3) is 0 Å². The largest absolute Gasteiger partial charge is 0.490 e. The highest BCUT2D eigenvalue weighted by molar-refractivity contribution is 7.11. The standard InChI is InChI=1S/C11H14N4OS/c1-16-9-10(12)15-17-11(9)14-7-4-8-2-5-13-6-3-8/h2-3,5-6,14H,4,7H2,1H3,(H2,12,15). The molecule has 2 rings (SSSR count). The Morgan fingerprint density at radius 1 is 1.41 bits per heavy atom. The molecule has 0 fully saturated rings. The first kappa shape index (κ1) is 11.7. The maximum Gasteiger partial charge on any atom is 0.197 e. The van der Waals surface area contributed by atoms with Crippen LogP contribution in [0.2, 0.25) is 0 Å². The number of ether oxygens (including phenoxy) is 1. The Labute approximate surface area is 104 Å². The molecular weight excluding hydrogens is 236 g/mol. The third-order valence-corrected chi connectivity index (χ3v) is 3.13. The molecule has 5 nitrogen and oxygen atoms in total. The van der Waals surface area contributed by atoms with Crippen molar-refractivity contribution in [1.29, 1.82) is 0 Å². The van der Waals surface area contributed by atoms with E-state index in [0.717, 1.165) is 18.0 Å². The summed E-state index contributed by atoms with van der Waals surface area (Å²) in [6.45, 7) is 0.808. The zero-order valence-electron chi connectivity index (χ0n) is 9.51. The summed E-state index contributed by atoms with van der Waals surface area (Å²) >= 11 is 1.31. The van der Waals surface area contributed by atoms with Gasteiger partial charge in [-0.3, -0.25) is 4.98 Å². The number of nitrogen functional groups attached to an aromatic ring is 1. The van der Waals surface area contributed by atoms with E-state index in [1.807, 2.05) is 12.1 Å². The van der Waals surface area contributed by atoms with Crippen LogP contribution in [-0.4, -0.2) is 23.0 Å². The molecule has 2 aromatic heterocycles. The van der Waals surface area contributed by atoms with Gasteiger partial charge in [-0.1, -0.05) is 0 Å². The molecule has 0 bridgehead atoms. The summed E-state index contributed by atoms with van der Waals surface area (Å²) in [6, 6.07) is 4.00. The molecule has 0 saturated carbocycles. The minimum Gasteiger partial charge on any atom is -0.490 e. The molecule has 2 aromatic rings. The molecule has 0 amide bonds. The number of nitrogens with one attached hydrogen (secondary N) is 1.